The Morgan fingerprint density at radius 1 is 1.77 bits per heavy atom. The normalized spacial score (nSPS) is 24.3. The van der Waals surface area contributed by atoms with Gasteiger partial charge in [-0.15, -0.1) is 0 Å². The fourth-order valence-electron chi connectivity index (χ4n) is 1.58. The predicted molar refractivity (Wildman–Crippen MR) is 48.5 cm³/mol. The van der Waals surface area contributed by atoms with E-state index in [0.29, 0.717) is 0 Å². The first kappa shape index (κ1) is 10.5. The molecule has 4 nitrogen and oxygen atoms in total. The number of esters is 1. The van der Waals surface area contributed by atoms with Crippen molar-refractivity contribution in [3.05, 3.63) is 0 Å². The fraction of sp³-hybridized carbons (Fsp3) is 0.889. The number of carbonyl (C=O) groups is 1. The monoisotopic (exact) mass is 187 g/mol. The summed E-state index contributed by atoms with van der Waals surface area (Å²) in [7, 11) is 1.40. The highest BCUT2D eigenvalue weighted by Crippen LogP contribution is 2.16. The van der Waals surface area contributed by atoms with Crippen LogP contribution in [0.5, 0.6) is 0 Å². The first-order chi connectivity index (χ1) is 6.29. The third kappa shape index (κ3) is 2.67. The van der Waals surface area contributed by atoms with Crippen LogP contribution in [0, 0.1) is 0 Å². The quantitative estimate of drug-likeness (QED) is 0.644. The van der Waals surface area contributed by atoms with Gasteiger partial charge in [-0.05, 0) is 19.4 Å². The Bertz CT molecular complexity index is 166. The van der Waals surface area contributed by atoms with Crippen LogP contribution in [0.1, 0.15) is 19.8 Å². The van der Waals surface area contributed by atoms with Crippen LogP contribution >= 0.6 is 0 Å². The van der Waals surface area contributed by atoms with Crippen molar-refractivity contribution in [3.8, 4) is 0 Å². The maximum Gasteiger partial charge on any atom is 0.325 e. The van der Waals surface area contributed by atoms with Crippen molar-refractivity contribution in [3.63, 3.8) is 0 Å². The first-order valence-electron chi connectivity index (χ1n) is 4.72. The molecule has 1 aliphatic rings. The second-order valence-corrected chi connectivity index (χ2v) is 3.11. The highest BCUT2D eigenvalue weighted by molar-refractivity contribution is 5.76. The van der Waals surface area contributed by atoms with E-state index in [9.17, 15) is 4.79 Å². The topological polar surface area (TPSA) is 47.6 Å². The number of methoxy groups -OCH3 is 1. The predicted octanol–water partition coefficient (Wildman–Crippen LogP) is 0.316. The van der Waals surface area contributed by atoms with Gasteiger partial charge < -0.3 is 14.8 Å². The summed E-state index contributed by atoms with van der Waals surface area (Å²) >= 11 is 0. The molecule has 0 spiro atoms. The molecule has 1 fully saturated rings. The van der Waals surface area contributed by atoms with Gasteiger partial charge >= 0.3 is 5.97 Å². The summed E-state index contributed by atoms with van der Waals surface area (Å²) < 4.78 is 10.1. The Kier molecular flexibility index (Phi) is 4.18. The zero-order valence-electron chi connectivity index (χ0n) is 8.21. The van der Waals surface area contributed by atoms with Crippen LogP contribution in [0.4, 0.5) is 0 Å². The summed E-state index contributed by atoms with van der Waals surface area (Å²) in [6.07, 6.45) is 1.96. The van der Waals surface area contributed by atoms with E-state index in [4.69, 9.17) is 9.47 Å². The fourth-order valence-corrected chi connectivity index (χ4v) is 1.58. The van der Waals surface area contributed by atoms with Gasteiger partial charge in [0.05, 0.1) is 13.2 Å². The number of ether oxygens (including phenoxy) is 2. The molecule has 0 aliphatic carbocycles. The Hall–Kier alpha value is -0.610. The van der Waals surface area contributed by atoms with Crippen LogP contribution in [-0.4, -0.2) is 38.4 Å². The third-order valence-electron chi connectivity index (χ3n) is 2.22. The average Bonchev–Trinajstić information content (AvgIpc) is 2.65. The zero-order valence-corrected chi connectivity index (χ0v) is 8.21. The molecule has 1 rings (SSSR count). The minimum absolute atomic E-state index is 0.00704. The van der Waals surface area contributed by atoms with Crippen LogP contribution in [0.2, 0.25) is 0 Å². The van der Waals surface area contributed by atoms with Crippen molar-refractivity contribution in [2.75, 3.05) is 20.3 Å². The minimum atomic E-state index is -0.294. The van der Waals surface area contributed by atoms with Crippen LogP contribution in [0.15, 0.2) is 0 Å². The number of hydrogen-bond donors (Lipinski definition) is 1. The van der Waals surface area contributed by atoms with Gasteiger partial charge in [-0.3, -0.25) is 4.79 Å². The second kappa shape index (κ2) is 5.19. The molecule has 0 amide bonds. The van der Waals surface area contributed by atoms with Crippen LogP contribution in [0.3, 0.4) is 0 Å². The van der Waals surface area contributed by atoms with Gasteiger partial charge in [0.15, 0.2) is 0 Å². The zero-order chi connectivity index (χ0) is 9.68. The van der Waals surface area contributed by atoms with Crippen LogP contribution < -0.4 is 5.32 Å². The van der Waals surface area contributed by atoms with Gasteiger partial charge in [-0.25, -0.2) is 0 Å². The third-order valence-corrected chi connectivity index (χ3v) is 2.22. The minimum Gasteiger partial charge on any atom is -0.468 e. The Morgan fingerprint density at radius 3 is 3.00 bits per heavy atom. The van der Waals surface area contributed by atoms with Crippen molar-refractivity contribution >= 4 is 5.97 Å². The van der Waals surface area contributed by atoms with Gasteiger partial charge in [0, 0.05) is 6.61 Å². The molecular formula is C9H17NO3. The number of likely N-dealkylation sites (N-methyl/N-ethyl adjacent to an activating group) is 1. The lowest BCUT2D eigenvalue weighted by Crippen LogP contribution is -2.46. The van der Waals surface area contributed by atoms with E-state index < -0.39 is 0 Å². The van der Waals surface area contributed by atoms with Crippen molar-refractivity contribution in [2.24, 2.45) is 0 Å². The first-order valence-corrected chi connectivity index (χ1v) is 4.72. The lowest BCUT2D eigenvalue weighted by Gasteiger charge is -2.20. The summed E-state index contributed by atoms with van der Waals surface area (Å²) in [5.41, 5.74) is 0. The molecule has 0 aromatic carbocycles. The Morgan fingerprint density at radius 2 is 2.54 bits per heavy atom. The smallest absolute Gasteiger partial charge is 0.325 e. The number of hydrogen-bond acceptors (Lipinski definition) is 4. The molecule has 0 radical (unpaired) electrons. The lowest BCUT2D eigenvalue weighted by molar-refractivity contribution is -0.146. The molecule has 1 N–H and O–H groups in total. The molecule has 76 valence electrons. The number of nitrogens with one attached hydrogen (secondary N) is 1. The van der Waals surface area contributed by atoms with Crippen LogP contribution in [0.25, 0.3) is 0 Å². The van der Waals surface area contributed by atoms with Gasteiger partial charge in [0.25, 0.3) is 0 Å². The van der Waals surface area contributed by atoms with E-state index in [2.05, 4.69) is 5.32 Å². The van der Waals surface area contributed by atoms with Gasteiger partial charge in [-0.1, -0.05) is 6.92 Å². The Balaban J connectivity index is 2.49. The van der Waals surface area contributed by atoms with Crippen molar-refractivity contribution in [2.45, 2.75) is 31.9 Å². The number of rotatable bonds is 4. The second-order valence-electron chi connectivity index (χ2n) is 3.11. The molecule has 1 aliphatic heterocycles. The Labute approximate surface area is 78.6 Å². The van der Waals surface area contributed by atoms with Crippen molar-refractivity contribution in [1.29, 1.82) is 0 Å². The van der Waals surface area contributed by atoms with E-state index >= 15 is 0 Å². The molecular weight excluding hydrogens is 170 g/mol. The van der Waals surface area contributed by atoms with E-state index in [1.165, 1.54) is 7.11 Å². The molecule has 1 saturated heterocycles. The molecule has 13 heavy (non-hydrogen) atoms. The maximum absolute atomic E-state index is 11.3. The summed E-state index contributed by atoms with van der Waals surface area (Å²) in [6, 6.07) is -0.294. The van der Waals surface area contributed by atoms with E-state index in [1.807, 2.05) is 6.92 Å². The largest absolute Gasteiger partial charge is 0.468 e. The van der Waals surface area contributed by atoms with Gasteiger partial charge in [0.1, 0.15) is 6.04 Å². The maximum atomic E-state index is 11.3. The average molecular weight is 187 g/mol. The molecule has 4 heteroatoms. The molecule has 0 saturated carbocycles. The van der Waals surface area contributed by atoms with E-state index in [1.54, 1.807) is 0 Å². The molecule has 0 aromatic heterocycles. The van der Waals surface area contributed by atoms with Crippen molar-refractivity contribution in [1.82, 2.24) is 5.32 Å². The van der Waals surface area contributed by atoms with Gasteiger partial charge in [-0.2, -0.15) is 0 Å². The summed E-state index contributed by atoms with van der Waals surface area (Å²) in [5, 5.41) is 3.08. The molecule has 2 unspecified atom stereocenters. The molecule has 0 aromatic rings. The van der Waals surface area contributed by atoms with Gasteiger partial charge in [0.2, 0.25) is 0 Å². The van der Waals surface area contributed by atoms with E-state index in [-0.39, 0.29) is 18.1 Å². The molecule has 0 bridgehead atoms. The lowest BCUT2D eigenvalue weighted by atomic mass is 10.1. The van der Waals surface area contributed by atoms with Crippen molar-refractivity contribution < 1.29 is 14.3 Å². The SMILES string of the molecule is CCNC(C(=O)OC)C1CCCO1. The molecule has 1 heterocycles. The van der Waals surface area contributed by atoms with E-state index in [0.717, 1.165) is 26.0 Å². The summed E-state index contributed by atoms with van der Waals surface area (Å²) in [6.45, 7) is 3.47. The molecule has 2 atom stereocenters. The standard InChI is InChI=1S/C9H17NO3/c1-3-10-8(9(11)12-2)7-5-4-6-13-7/h7-8,10H,3-6H2,1-2H3. The highest BCUT2D eigenvalue weighted by atomic mass is 16.5. The summed E-state index contributed by atoms with van der Waals surface area (Å²) in [4.78, 5) is 11.3. The van der Waals surface area contributed by atoms with Crippen LogP contribution in [-0.2, 0) is 14.3 Å². The summed E-state index contributed by atoms with van der Waals surface area (Å²) in [5.74, 6) is -0.228. The number of carbonyl (C=O) groups excluding carboxylic acids is 1. The highest BCUT2D eigenvalue weighted by Gasteiger charge is 2.31.